The molecule has 0 saturated carbocycles. The molecule has 1 heterocycles. The third-order valence-corrected chi connectivity index (χ3v) is 4.00. The molecule has 100 valence electrons. The second-order valence-corrected chi connectivity index (χ2v) is 6.18. The molecule has 7 nitrogen and oxygen atoms in total. The van der Waals surface area contributed by atoms with Crippen LogP contribution in [-0.2, 0) is 10.0 Å². The van der Waals surface area contributed by atoms with Gasteiger partial charge in [-0.05, 0) is 29.7 Å². The smallest absolute Gasteiger partial charge is 0.269 e. The van der Waals surface area contributed by atoms with Crippen molar-refractivity contribution >= 4 is 44.8 Å². The zero-order valence-electron chi connectivity index (χ0n) is 9.20. The van der Waals surface area contributed by atoms with E-state index in [1.54, 1.807) is 0 Å². The van der Waals surface area contributed by atoms with Gasteiger partial charge >= 0.3 is 0 Å². The van der Waals surface area contributed by atoms with Gasteiger partial charge in [0.1, 0.15) is 4.88 Å². The minimum atomic E-state index is -3.86. The van der Waals surface area contributed by atoms with Crippen LogP contribution < -0.4 is 10.5 Å². The van der Waals surface area contributed by atoms with E-state index >= 15 is 0 Å². The number of carbonyl (C=O) groups is 1. The first-order valence-electron chi connectivity index (χ1n) is 4.79. The number of primary sulfonamides is 1. The van der Waals surface area contributed by atoms with Gasteiger partial charge < -0.3 is 5.32 Å². The second kappa shape index (κ2) is 5.21. The quantitative estimate of drug-likeness (QED) is 0.879. The third kappa shape index (κ3) is 3.26. The molecular formula is C9H7ClN4O3S2. The summed E-state index contributed by atoms with van der Waals surface area (Å²) in [7, 11) is -3.86. The predicted octanol–water partition coefficient (Wildman–Crippen LogP) is 1.09. The molecule has 0 unspecified atom stereocenters. The number of halogens is 1. The van der Waals surface area contributed by atoms with Gasteiger partial charge in [-0.1, -0.05) is 16.1 Å². The largest absolute Gasteiger partial charge is 0.320 e. The van der Waals surface area contributed by atoms with Crippen molar-refractivity contribution in [3.63, 3.8) is 0 Å². The molecule has 1 amide bonds. The minimum absolute atomic E-state index is 0.144. The Morgan fingerprint density at radius 3 is 2.74 bits per heavy atom. The lowest BCUT2D eigenvalue weighted by Crippen LogP contribution is -2.14. The summed E-state index contributed by atoms with van der Waals surface area (Å²) in [6.45, 7) is 0. The molecule has 1 aromatic heterocycles. The Balaban J connectivity index is 2.32. The number of nitrogens with one attached hydrogen (secondary N) is 1. The lowest BCUT2D eigenvalue weighted by atomic mass is 10.3. The minimum Gasteiger partial charge on any atom is -0.320 e. The first-order valence-corrected chi connectivity index (χ1v) is 7.49. The maximum Gasteiger partial charge on any atom is 0.269 e. The lowest BCUT2D eigenvalue weighted by molar-refractivity contribution is 0.103. The van der Waals surface area contributed by atoms with Crippen LogP contribution in [0.3, 0.4) is 0 Å². The number of anilines is 1. The fraction of sp³-hybridized carbons (Fsp3) is 0. The van der Waals surface area contributed by atoms with E-state index in [-0.39, 0.29) is 20.5 Å². The monoisotopic (exact) mass is 318 g/mol. The Morgan fingerprint density at radius 1 is 1.42 bits per heavy atom. The SMILES string of the molecule is NS(=O)(=O)c1ccc(Cl)c(NC(=O)c2cnns2)c1. The van der Waals surface area contributed by atoms with E-state index in [9.17, 15) is 13.2 Å². The van der Waals surface area contributed by atoms with Crippen LogP contribution in [-0.4, -0.2) is 23.9 Å². The highest BCUT2D eigenvalue weighted by Crippen LogP contribution is 2.25. The van der Waals surface area contributed by atoms with Crippen LogP contribution in [0.15, 0.2) is 29.3 Å². The predicted molar refractivity (Wildman–Crippen MR) is 70.7 cm³/mol. The Kier molecular flexibility index (Phi) is 3.80. The molecule has 19 heavy (non-hydrogen) atoms. The van der Waals surface area contributed by atoms with Crippen LogP contribution in [0, 0.1) is 0 Å². The van der Waals surface area contributed by atoms with Crippen LogP contribution in [0.1, 0.15) is 9.67 Å². The third-order valence-electron chi connectivity index (χ3n) is 2.10. The van der Waals surface area contributed by atoms with Crippen LogP contribution in [0.2, 0.25) is 5.02 Å². The maximum atomic E-state index is 11.8. The van der Waals surface area contributed by atoms with Crippen LogP contribution in [0.5, 0.6) is 0 Å². The molecule has 0 saturated heterocycles. The highest BCUT2D eigenvalue weighted by molar-refractivity contribution is 7.89. The van der Waals surface area contributed by atoms with E-state index in [0.29, 0.717) is 0 Å². The molecule has 2 aromatic rings. The summed E-state index contributed by atoms with van der Waals surface area (Å²) in [6.07, 6.45) is 1.29. The van der Waals surface area contributed by atoms with Crippen LogP contribution in [0.4, 0.5) is 5.69 Å². The van der Waals surface area contributed by atoms with Crippen molar-refractivity contribution < 1.29 is 13.2 Å². The summed E-state index contributed by atoms with van der Waals surface area (Å²) in [4.78, 5) is 11.9. The summed E-state index contributed by atoms with van der Waals surface area (Å²) < 4.78 is 26.0. The van der Waals surface area contributed by atoms with Gasteiger partial charge in [-0.2, -0.15) is 0 Å². The maximum absolute atomic E-state index is 11.8. The standard InChI is InChI=1S/C9H7ClN4O3S2/c10-6-2-1-5(19(11,16)17)3-7(6)13-9(15)8-4-12-14-18-8/h1-4H,(H,13,15)(H2,11,16,17). The van der Waals surface area contributed by atoms with Gasteiger partial charge in [0, 0.05) is 0 Å². The van der Waals surface area contributed by atoms with Crippen molar-refractivity contribution in [3.05, 3.63) is 34.3 Å². The summed E-state index contributed by atoms with van der Waals surface area (Å²) in [5, 5.41) is 11.2. The zero-order valence-corrected chi connectivity index (χ0v) is 11.6. The fourth-order valence-electron chi connectivity index (χ4n) is 1.23. The zero-order chi connectivity index (χ0) is 14.0. The number of nitrogens with two attached hydrogens (primary N) is 1. The Hall–Kier alpha value is -1.55. The van der Waals surface area contributed by atoms with Crippen molar-refractivity contribution in [1.82, 2.24) is 9.59 Å². The Labute approximate surface area is 117 Å². The van der Waals surface area contributed by atoms with Gasteiger partial charge in [0.2, 0.25) is 10.0 Å². The van der Waals surface area contributed by atoms with Gasteiger partial charge in [-0.3, -0.25) is 4.79 Å². The average Bonchev–Trinajstić information content (AvgIpc) is 2.84. The van der Waals surface area contributed by atoms with E-state index < -0.39 is 15.9 Å². The molecule has 0 atom stereocenters. The van der Waals surface area contributed by atoms with Gasteiger partial charge in [-0.15, -0.1) is 5.10 Å². The van der Waals surface area contributed by atoms with Crippen LogP contribution in [0.25, 0.3) is 0 Å². The molecule has 0 aliphatic heterocycles. The van der Waals surface area contributed by atoms with Gasteiger partial charge in [0.15, 0.2) is 0 Å². The topological polar surface area (TPSA) is 115 Å². The number of rotatable bonds is 3. The highest BCUT2D eigenvalue weighted by atomic mass is 35.5. The normalized spacial score (nSPS) is 11.3. The molecule has 0 bridgehead atoms. The molecule has 0 spiro atoms. The van der Waals surface area contributed by atoms with Crippen molar-refractivity contribution in [2.24, 2.45) is 5.14 Å². The van der Waals surface area contributed by atoms with Crippen molar-refractivity contribution in [2.45, 2.75) is 4.90 Å². The molecule has 3 N–H and O–H groups in total. The van der Waals surface area contributed by atoms with E-state index in [4.69, 9.17) is 16.7 Å². The number of hydrogen-bond acceptors (Lipinski definition) is 6. The molecule has 0 fully saturated rings. The van der Waals surface area contributed by atoms with E-state index in [0.717, 1.165) is 11.5 Å². The Morgan fingerprint density at radius 2 is 2.16 bits per heavy atom. The molecular weight excluding hydrogens is 312 g/mol. The first-order chi connectivity index (χ1) is 8.88. The molecule has 0 radical (unpaired) electrons. The van der Waals surface area contributed by atoms with E-state index in [1.165, 1.54) is 24.4 Å². The summed E-state index contributed by atoms with van der Waals surface area (Å²) in [6, 6.07) is 3.77. The number of benzene rings is 1. The van der Waals surface area contributed by atoms with Gasteiger partial charge in [0.25, 0.3) is 5.91 Å². The van der Waals surface area contributed by atoms with E-state index in [2.05, 4.69) is 14.9 Å². The first kappa shape index (κ1) is 13.9. The van der Waals surface area contributed by atoms with Crippen molar-refractivity contribution in [2.75, 3.05) is 5.32 Å². The van der Waals surface area contributed by atoms with Gasteiger partial charge in [-0.25, -0.2) is 13.6 Å². The van der Waals surface area contributed by atoms with Crippen molar-refractivity contribution in [3.8, 4) is 0 Å². The summed E-state index contributed by atoms with van der Waals surface area (Å²) in [5.41, 5.74) is 0.145. The molecule has 10 heteroatoms. The number of hydrogen-bond donors (Lipinski definition) is 2. The van der Waals surface area contributed by atoms with E-state index in [1.807, 2.05) is 0 Å². The Bertz CT molecular complexity index is 715. The summed E-state index contributed by atoms with van der Waals surface area (Å²) >= 11 is 6.78. The molecule has 1 aromatic carbocycles. The van der Waals surface area contributed by atoms with Crippen molar-refractivity contribution in [1.29, 1.82) is 0 Å². The van der Waals surface area contributed by atoms with Gasteiger partial charge in [0.05, 0.1) is 21.8 Å². The number of carbonyl (C=O) groups excluding carboxylic acids is 1. The van der Waals surface area contributed by atoms with Crippen LogP contribution >= 0.6 is 23.1 Å². The fourth-order valence-corrected chi connectivity index (χ4v) is 2.34. The average molecular weight is 319 g/mol. The highest BCUT2D eigenvalue weighted by Gasteiger charge is 2.14. The molecule has 0 aliphatic carbocycles. The summed E-state index contributed by atoms with van der Waals surface area (Å²) in [5.74, 6) is -0.483. The number of nitrogens with zero attached hydrogens (tertiary/aromatic N) is 2. The molecule has 2 rings (SSSR count). The lowest BCUT2D eigenvalue weighted by Gasteiger charge is -2.07. The molecule has 0 aliphatic rings. The number of amides is 1. The number of aromatic nitrogens is 2. The second-order valence-electron chi connectivity index (χ2n) is 3.42. The number of sulfonamides is 1.